The maximum Gasteiger partial charge on any atom is 0.191 e. The second-order valence-electron chi connectivity index (χ2n) is 9.74. The SMILES string of the molecule is Cn1c2cc(F)c(Br)cc2cc1[C@H]1CC[C@H](CO[Si](C)(C)C(C)(C)C)CC1. The molecule has 1 aliphatic rings. The molecule has 1 aliphatic carbocycles. The summed E-state index contributed by atoms with van der Waals surface area (Å²) in [4.78, 5) is 0. The van der Waals surface area contributed by atoms with Gasteiger partial charge in [-0.1, -0.05) is 20.8 Å². The van der Waals surface area contributed by atoms with Crippen molar-refractivity contribution in [1.82, 2.24) is 4.57 Å². The fraction of sp³-hybridized carbons (Fsp3) is 0.636. The van der Waals surface area contributed by atoms with Crippen LogP contribution in [0.25, 0.3) is 10.9 Å². The quantitative estimate of drug-likeness (QED) is 0.440. The molecule has 0 bridgehead atoms. The number of hydrogen-bond donors (Lipinski definition) is 0. The van der Waals surface area contributed by atoms with Gasteiger partial charge in [0, 0.05) is 24.7 Å². The van der Waals surface area contributed by atoms with Crippen molar-refractivity contribution >= 4 is 35.2 Å². The predicted molar refractivity (Wildman–Crippen MR) is 118 cm³/mol. The number of aromatic nitrogens is 1. The van der Waals surface area contributed by atoms with Crippen LogP contribution < -0.4 is 0 Å². The highest BCUT2D eigenvalue weighted by Gasteiger charge is 2.38. The van der Waals surface area contributed by atoms with E-state index < -0.39 is 8.32 Å². The Bertz CT molecular complexity index is 816. The van der Waals surface area contributed by atoms with Crippen LogP contribution in [0.1, 0.15) is 58.1 Å². The van der Waals surface area contributed by atoms with Crippen LogP contribution in [0.4, 0.5) is 4.39 Å². The van der Waals surface area contributed by atoms with Gasteiger partial charge in [0.2, 0.25) is 0 Å². The van der Waals surface area contributed by atoms with Crippen molar-refractivity contribution in [2.75, 3.05) is 6.61 Å². The van der Waals surface area contributed by atoms with Crippen LogP contribution in [0.3, 0.4) is 0 Å². The van der Waals surface area contributed by atoms with E-state index in [2.05, 4.69) is 67.5 Å². The summed E-state index contributed by atoms with van der Waals surface area (Å²) in [6.45, 7) is 12.5. The molecule has 27 heavy (non-hydrogen) atoms. The first kappa shape index (κ1) is 21.1. The van der Waals surface area contributed by atoms with E-state index >= 15 is 0 Å². The lowest BCUT2D eigenvalue weighted by atomic mass is 9.81. The average Bonchev–Trinajstić information content (AvgIpc) is 2.89. The summed E-state index contributed by atoms with van der Waals surface area (Å²) in [5, 5.41) is 1.39. The Balaban J connectivity index is 1.64. The molecule has 0 aliphatic heterocycles. The van der Waals surface area contributed by atoms with E-state index in [1.54, 1.807) is 6.07 Å². The van der Waals surface area contributed by atoms with Crippen LogP contribution in [-0.2, 0) is 11.5 Å². The molecule has 0 radical (unpaired) electrons. The zero-order chi connectivity index (χ0) is 20.0. The molecule has 0 atom stereocenters. The highest BCUT2D eigenvalue weighted by Crippen LogP contribution is 2.41. The highest BCUT2D eigenvalue weighted by atomic mass is 79.9. The third-order valence-corrected chi connectivity index (χ3v) is 12.0. The Kier molecular flexibility index (Phi) is 5.96. The summed E-state index contributed by atoms with van der Waals surface area (Å²) in [6, 6.07) is 5.78. The first-order valence-electron chi connectivity index (χ1n) is 10.1. The van der Waals surface area contributed by atoms with E-state index in [9.17, 15) is 4.39 Å². The molecule has 1 heterocycles. The largest absolute Gasteiger partial charge is 0.417 e. The van der Waals surface area contributed by atoms with Gasteiger partial charge in [0.1, 0.15) is 5.82 Å². The molecule has 0 unspecified atom stereocenters. The predicted octanol–water partition coefficient (Wildman–Crippen LogP) is 7.38. The topological polar surface area (TPSA) is 14.2 Å². The summed E-state index contributed by atoms with van der Waals surface area (Å²) in [5.74, 6) is 1.05. The van der Waals surface area contributed by atoms with Crippen LogP contribution in [0, 0.1) is 11.7 Å². The molecule has 5 heteroatoms. The van der Waals surface area contributed by atoms with E-state index in [1.165, 1.54) is 31.4 Å². The molecule has 1 aromatic carbocycles. The van der Waals surface area contributed by atoms with E-state index in [0.29, 0.717) is 16.3 Å². The molecular weight excluding hydrogens is 421 g/mol. The van der Waals surface area contributed by atoms with Crippen LogP contribution in [0.5, 0.6) is 0 Å². The first-order valence-corrected chi connectivity index (χ1v) is 13.8. The fourth-order valence-electron chi connectivity index (χ4n) is 3.91. The minimum absolute atomic E-state index is 0.193. The lowest BCUT2D eigenvalue weighted by Gasteiger charge is -2.38. The summed E-state index contributed by atoms with van der Waals surface area (Å²) in [5.41, 5.74) is 2.32. The molecule has 1 fully saturated rings. The van der Waals surface area contributed by atoms with E-state index in [4.69, 9.17) is 4.43 Å². The Morgan fingerprint density at radius 2 is 1.78 bits per heavy atom. The number of aryl methyl sites for hydroxylation is 1. The standard InChI is InChI=1S/C22H33BrFNOSi/c1-22(2,3)27(5,6)26-14-15-7-9-16(10-8-15)20-12-17-11-18(23)19(24)13-21(17)25(20)4/h11-13,15-16H,7-10,14H2,1-6H3/t15-,16-. The Morgan fingerprint density at radius 3 is 2.37 bits per heavy atom. The van der Waals surface area contributed by atoms with Crippen LogP contribution in [0.2, 0.25) is 18.1 Å². The number of halogens is 2. The molecule has 3 rings (SSSR count). The van der Waals surface area contributed by atoms with Gasteiger partial charge in [-0.3, -0.25) is 0 Å². The molecule has 2 nitrogen and oxygen atoms in total. The van der Waals surface area contributed by atoms with Crippen LogP contribution in [0.15, 0.2) is 22.7 Å². The Labute approximate surface area is 172 Å². The lowest BCUT2D eigenvalue weighted by molar-refractivity contribution is 0.184. The van der Waals surface area contributed by atoms with Crippen molar-refractivity contribution < 1.29 is 8.82 Å². The summed E-state index contributed by atoms with van der Waals surface area (Å²) < 4.78 is 23.1. The first-order chi connectivity index (χ1) is 12.5. The molecule has 150 valence electrons. The number of nitrogens with zero attached hydrogens (tertiary/aromatic N) is 1. The normalized spacial score (nSPS) is 21.8. The molecule has 1 aromatic heterocycles. The van der Waals surface area contributed by atoms with E-state index in [0.717, 1.165) is 17.5 Å². The zero-order valence-electron chi connectivity index (χ0n) is 17.5. The van der Waals surface area contributed by atoms with Crippen molar-refractivity contribution in [2.45, 2.75) is 70.5 Å². The Hall–Kier alpha value is -0.653. The fourth-order valence-corrected chi connectivity index (χ4v) is 5.36. The van der Waals surface area contributed by atoms with Gasteiger partial charge in [-0.25, -0.2) is 4.39 Å². The molecule has 1 saturated carbocycles. The van der Waals surface area contributed by atoms with Gasteiger partial charge in [0.15, 0.2) is 8.32 Å². The molecular formula is C22H33BrFNOSi. The third-order valence-electron chi connectivity index (χ3n) is 6.87. The lowest BCUT2D eigenvalue weighted by Crippen LogP contribution is -2.42. The maximum atomic E-state index is 13.9. The average molecular weight is 455 g/mol. The van der Waals surface area contributed by atoms with Crippen molar-refractivity contribution in [3.8, 4) is 0 Å². The molecule has 0 saturated heterocycles. The van der Waals surface area contributed by atoms with Gasteiger partial charge >= 0.3 is 0 Å². The minimum Gasteiger partial charge on any atom is -0.417 e. The van der Waals surface area contributed by atoms with Gasteiger partial charge in [-0.05, 0) is 89.8 Å². The minimum atomic E-state index is -1.66. The third kappa shape index (κ3) is 4.35. The van der Waals surface area contributed by atoms with E-state index in [1.807, 2.05) is 6.07 Å². The maximum absolute atomic E-state index is 13.9. The molecule has 2 aromatic rings. The van der Waals surface area contributed by atoms with Crippen molar-refractivity contribution in [3.05, 3.63) is 34.2 Å². The van der Waals surface area contributed by atoms with Crippen molar-refractivity contribution in [3.63, 3.8) is 0 Å². The van der Waals surface area contributed by atoms with E-state index in [-0.39, 0.29) is 10.9 Å². The number of hydrogen-bond acceptors (Lipinski definition) is 1. The van der Waals surface area contributed by atoms with Crippen molar-refractivity contribution in [2.24, 2.45) is 13.0 Å². The monoisotopic (exact) mass is 453 g/mol. The molecule has 0 spiro atoms. The second kappa shape index (κ2) is 7.64. The summed E-state index contributed by atoms with van der Waals surface area (Å²) in [6.07, 6.45) is 4.83. The molecule has 0 amide bonds. The van der Waals surface area contributed by atoms with Crippen LogP contribution in [-0.4, -0.2) is 19.5 Å². The van der Waals surface area contributed by atoms with Gasteiger partial charge in [-0.2, -0.15) is 0 Å². The highest BCUT2D eigenvalue weighted by molar-refractivity contribution is 9.10. The van der Waals surface area contributed by atoms with Gasteiger partial charge in [0.05, 0.1) is 9.99 Å². The van der Waals surface area contributed by atoms with Crippen molar-refractivity contribution in [1.29, 1.82) is 0 Å². The second-order valence-corrected chi connectivity index (χ2v) is 15.4. The number of rotatable bonds is 4. The summed E-state index contributed by atoms with van der Waals surface area (Å²) >= 11 is 3.31. The number of benzene rings is 1. The van der Waals surface area contributed by atoms with Gasteiger partial charge in [-0.15, -0.1) is 0 Å². The number of fused-ring (bicyclic) bond motifs is 1. The zero-order valence-corrected chi connectivity index (χ0v) is 20.1. The smallest absolute Gasteiger partial charge is 0.191 e. The Morgan fingerprint density at radius 1 is 1.15 bits per heavy atom. The summed E-state index contributed by atoms with van der Waals surface area (Å²) in [7, 11) is 0.411. The van der Waals surface area contributed by atoms with Gasteiger partial charge in [0.25, 0.3) is 0 Å². The van der Waals surface area contributed by atoms with Crippen LogP contribution >= 0.6 is 15.9 Å². The molecule has 0 N–H and O–H groups in total. The van der Waals surface area contributed by atoms with Gasteiger partial charge < -0.3 is 8.99 Å².